The third-order valence-corrected chi connectivity index (χ3v) is 7.82. The number of fused-ring (bicyclic) bond motifs is 1. The van der Waals surface area contributed by atoms with E-state index in [0.717, 1.165) is 22.2 Å². The Bertz CT molecular complexity index is 1580. The topological polar surface area (TPSA) is 89.0 Å². The minimum atomic E-state index is -0.926. The van der Waals surface area contributed by atoms with Crippen LogP contribution in [0.3, 0.4) is 0 Å². The maximum absolute atomic E-state index is 13.2. The van der Waals surface area contributed by atoms with Gasteiger partial charge in [0.1, 0.15) is 23.1 Å². The van der Waals surface area contributed by atoms with E-state index in [1.807, 2.05) is 41.3 Å². The smallest absolute Gasteiger partial charge is 0.150 e. The number of carbonyl (C=O) groups is 2. The number of benzene rings is 3. The first kappa shape index (κ1) is 26.0. The van der Waals surface area contributed by atoms with Gasteiger partial charge in [-0.3, -0.25) is 14.6 Å². The summed E-state index contributed by atoms with van der Waals surface area (Å²) in [4.78, 5) is 32.6. The molecule has 0 radical (unpaired) electrons. The number of halogens is 1. The molecular formula is C32H29FN2O5. The molecule has 1 N–H and O–H groups in total. The Morgan fingerprint density at radius 3 is 2.15 bits per heavy atom. The molecule has 6 rings (SSSR count). The summed E-state index contributed by atoms with van der Waals surface area (Å²) in [6.45, 7) is 1.08. The number of Topliss-reactive ketones (excluding diaryl/α,β-unsaturated/α-hetero) is 2. The molecule has 2 heterocycles. The molecule has 0 amide bonds. The molecule has 204 valence electrons. The predicted octanol–water partition coefficient (Wildman–Crippen LogP) is 5.06. The number of carbonyl (C=O) groups excluding carboxylic acids is 2. The van der Waals surface area contributed by atoms with Crippen molar-refractivity contribution in [3.8, 4) is 17.2 Å². The Hall–Kier alpha value is -4.30. The van der Waals surface area contributed by atoms with E-state index in [2.05, 4.69) is 4.98 Å². The van der Waals surface area contributed by atoms with Crippen molar-refractivity contribution >= 4 is 28.2 Å². The number of methoxy groups -OCH3 is 1. The van der Waals surface area contributed by atoms with Crippen LogP contribution >= 0.6 is 0 Å². The fourth-order valence-electron chi connectivity index (χ4n) is 5.24. The SMILES string of the molecule is COc1cc2nccc(Oc3ccc(CC(=O)C4(C(=O)Cc5ccc(F)cc5)CC4)cc3)c2cc1N1CC(O)C1. The first-order valence-corrected chi connectivity index (χ1v) is 13.3. The molecule has 1 aromatic heterocycles. The monoisotopic (exact) mass is 540 g/mol. The van der Waals surface area contributed by atoms with E-state index in [1.165, 1.54) is 12.1 Å². The van der Waals surface area contributed by atoms with Gasteiger partial charge in [-0.1, -0.05) is 24.3 Å². The Morgan fingerprint density at radius 2 is 1.57 bits per heavy atom. The van der Waals surface area contributed by atoms with Crippen molar-refractivity contribution < 1.29 is 28.6 Å². The van der Waals surface area contributed by atoms with Crippen LogP contribution in [0.5, 0.6) is 17.2 Å². The van der Waals surface area contributed by atoms with Crippen molar-refractivity contribution in [3.05, 3.63) is 89.9 Å². The molecule has 4 aromatic rings. The molecule has 2 fully saturated rings. The molecule has 0 bridgehead atoms. The van der Waals surface area contributed by atoms with Gasteiger partial charge in [0.15, 0.2) is 11.6 Å². The standard InChI is InChI=1S/C32H29FN2O5/c1-39-29-17-26-25(16-27(29)35-18-23(36)19-35)28(10-13-34-26)40-24-8-4-21(5-9-24)15-31(38)32(11-12-32)30(37)14-20-2-6-22(33)7-3-20/h2-10,13,16-17,23,36H,11-12,14-15,18-19H2,1H3. The molecule has 8 heteroatoms. The van der Waals surface area contributed by atoms with E-state index >= 15 is 0 Å². The highest BCUT2D eigenvalue weighted by atomic mass is 19.1. The molecule has 0 unspecified atom stereocenters. The molecule has 1 saturated carbocycles. The number of aliphatic hydroxyl groups is 1. The zero-order valence-electron chi connectivity index (χ0n) is 22.1. The lowest BCUT2D eigenvalue weighted by atomic mass is 9.88. The summed E-state index contributed by atoms with van der Waals surface area (Å²) >= 11 is 0. The molecule has 3 aromatic carbocycles. The van der Waals surface area contributed by atoms with E-state index in [4.69, 9.17) is 9.47 Å². The molecule has 1 aliphatic carbocycles. The van der Waals surface area contributed by atoms with Crippen LogP contribution in [-0.2, 0) is 22.4 Å². The van der Waals surface area contributed by atoms with Crippen LogP contribution in [0.25, 0.3) is 10.9 Å². The number of β-amino-alcohol motifs (C(OH)–C–C–N with tert-alkyl or cyclic N) is 1. The maximum atomic E-state index is 13.2. The summed E-state index contributed by atoms with van der Waals surface area (Å²) in [6.07, 6.45) is 2.74. The number of aliphatic hydroxyl groups excluding tert-OH is 1. The summed E-state index contributed by atoms with van der Waals surface area (Å²) in [5, 5.41) is 10.6. The van der Waals surface area contributed by atoms with Gasteiger partial charge in [-0.15, -0.1) is 0 Å². The van der Waals surface area contributed by atoms with Crippen molar-refractivity contribution in [1.29, 1.82) is 0 Å². The quantitative estimate of drug-likeness (QED) is 0.281. The molecule has 2 aliphatic rings. The second-order valence-electron chi connectivity index (χ2n) is 10.6. The van der Waals surface area contributed by atoms with E-state index in [-0.39, 0.29) is 36.3 Å². The van der Waals surface area contributed by atoms with Gasteiger partial charge in [-0.25, -0.2) is 4.39 Å². The third kappa shape index (κ3) is 5.02. The molecule has 0 atom stereocenters. The summed E-state index contributed by atoms with van der Waals surface area (Å²) in [7, 11) is 1.61. The van der Waals surface area contributed by atoms with E-state index in [0.29, 0.717) is 48.7 Å². The van der Waals surface area contributed by atoms with E-state index in [1.54, 1.807) is 31.5 Å². The highest BCUT2D eigenvalue weighted by Crippen LogP contribution is 2.49. The van der Waals surface area contributed by atoms with Gasteiger partial charge in [0, 0.05) is 43.6 Å². The highest BCUT2D eigenvalue weighted by Gasteiger charge is 2.54. The lowest BCUT2D eigenvalue weighted by molar-refractivity contribution is -0.133. The highest BCUT2D eigenvalue weighted by molar-refractivity contribution is 6.11. The van der Waals surface area contributed by atoms with Gasteiger partial charge >= 0.3 is 0 Å². The summed E-state index contributed by atoms with van der Waals surface area (Å²) in [5.41, 5.74) is 2.19. The van der Waals surface area contributed by atoms with Crippen molar-refractivity contribution in [1.82, 2.24) is 4.98 Å². The van der Waals surface area contributed by atoms with Gasteiger partial charge in [0.2, 0.25) is 0 Å². The summed E-state index contributed by atoms with van der Waals surface area (Å²) in [6, 6.07) is 18.8. The molecule has 1 saturated heterocycles. The second-order valence-corrected chi connectivity index (χ2v) is 10.6. The van der Waals surface area contributed by atoms with Crippen LogP contribution in [0, 0.1) is 11.2 Å². The molecule has 1 aliphatic heterocycles. The first-order valence-electron chi connectivity index (χ1n) is 13.3. The van der Waals surface area contributed by atoms with Gasteiger partial charge < -0.3 is 19.5 Å². The Balaban J connectivity index is 1.15. The Labute approximate surface area is 231 Å². The molecular weight excluding hydrogens is 511 g/mol. The Kier molecular flexibility index (Phi) is 6.72. The number of rotatable bonds is 10. The average Bonchev–Trinajstić information content (AvgIpc) is 3.76. The van der Waals surface area contributed by atoms with Gasteiger partial charge in [-0.2, -0.15) is 0 Å². The normalized spacial score (nSPS) is 15.9. The number of anilines is 1. The minimum Gasteiger partial charge on any atom is -0.495 e. The summed E-state index contributed by atoms with van der Waals surface area (Å²) in [5.74, 6) is 1.39. The number of aromatic nitrogens is 1. The van der Waals surface area contributed by atoms with Crippen molar-refractivity contribution in [2.75, 3.05) is 25.1 Å². The van der Waals surface area contributed by atoms with E-state index < -0.39 is 5.41 Å². The number of ether oxygens (including phenoxy) is 2. The van der Waals surface area contributed by atoms with Crippen LogP contribution in [0.15, 0.2) is 72.9 Å². The predicted molar refractivity (Wildman–Crippen MR) is 149 cm³/mol. The van der Waals surface area contributed by atoms with Crippen molar-refractivity contribution in [3.63, 3.8) is 0 Å². The molecule has 40 heavy (non-hydrogen) atoms. The van der Waals surface area contributed by atoms with Crippen LogP contribution in [-0.4, -0.2) is 48.0 Å². The third-order valence-electron chi connectivity index (χ3n) is 7.82. The molecule has 0 spiro atoms. The molecule has 7 nitrogen and oxygen atoms in total. The van der Waals surface area contributed by atoms with E-state index in [9.17, 15) is 19.1 Å². The van der Waals surface area contributed by atoms with Gasteiger partial charge in [-0.05, 0) is 60.4 Å². The number of pyridine rings is 1. The summed E-state index contributed by atoms with van der Waals surface area (Å²) < 4.78 is 25.0. The lowest BCUT2D eigenvalue weighted by Crippen LogP contribution is -2.50. The first-order chi connectivity index (χ1) is 19.3. The minimum absolute atomic E-state index is 0.0778. The number of hydrogen-bond acceptors (Lipinski definition) is 7. The van der Waals surface area contributed by atoms with Crippen molar-refractivity contribution in [2.45, 2.75) is 31.8 Å². The van der Waals surface area contributed by atoms with Crippen LogP contribution in [0.4, 0.5) is 10.1 Å². The Morgan fingerprint density at radius 1 is 0.950 bits per heavy atom. The average molecular weight is 541 g/mol. The fraction of sp³-hybridized carbons (Fsp3) is 0.281. The zero-order chi connectivity index (χ0) is 27.9. The van der Waals surface area contributed by atoms with Crippen molar-refractivity contribution in [2.24, 2.45) is 5.41 Å². The zero-order valence-corrected chi connectivity index (χ0v) is 22.1. The van der Waals surface area contributed by atoms with Crippen LogP contribution < -0.4 is 14.4 Å². The lowest BCUT2D eigenvalue weighted by Gasteiger charge is -2.38. The largest absolute Gasteiger partial charge is 0.495 e. The number of hydrogen-bond donors (Lipinski definition) is 1. The van der Waals surface area contributed by atoms with Gasteiger partial charge in [0.25, 0.3) is 0 Å². The maximum Gasteiger partial charge on any atom is 0.150 e. The fourth-order valence-corrected chi connectivity index (χ4v) is 5.24. The second kappa shape index (κ2) is 10.4. The van der Waals surface area contributed by atoms with Crippen LogP contribution in [0.2, 0.25) is 0 Å². The van der Waals surface area contributed by atoms with Crippen LogP contribution in [0.1, 0.15) is 24.0 Å². The number of nitrogens with zero attached hydrogens (tertiary/aromatic N) is 2. The van der Waals surface area contributed by atoms with Gasteiger partial charge in [0.05, 0.1) is 29.8 Å². The number of ketones is 2.